The maximum absolute atomic E-state index is 13.0. The molecule has 1 N–H and O–H groups in total. The van der Waals surface area contributed by atoms with Crippen LogP contribution in [0.2, 0.25) is 0 Å². The van der Waals surface area contributed by atoms with E-state index in [1.165, 1.54) is 12.8 Å². The van der Waals surface area contributed by atoms with Gasteiger partial charge >= 0.3 is 0 Å². The molecule has 1 amide bonds. The summed E-state index contributed by atoms with van der Waals surface area (Å²) in [6, 6.07) is 9.40. The topological polar surface area (TPSA) is 81.4 Å². The van der Waals surface area contributed by atoms with Gasteiger partial charge in [-0.2, -0.15) is 0 Å². The lowest BCUT2D eigenvalue weighted by Crippen LogP contribution is -2.35. The van der Waals surface area contributed by atoms with Crippen LogP contribution in [0.4, 0.5) is 0 Å². The predicted molar refractivity (Wildman–Crippen MR) is 115 cm³/mol. The van der Waals surface area contributed by atoms with Crippen molar-refractivity contribution >= 4 is 11.6 Å². The molecule has 2 aromatic heterocycles. The first-order valence-corrected chi connectivity index (χ1v) is 10.9. The summed E-state index contributed by atoms with van der Waals surface area (Å²) in [5.74, 6) is 2.63. The molecule has 2 fully saturated rings. The predicted octanol–water partition coefficient (Wildman–Crippen LogP) is 3.58. The van der Waals surface area contributed by atoms with Crippen LogP contribution < -0.4 is 10.1 Å². The minimum Gasteiger partial charge on any atom is -0.497 e. The van der Waals surface area contributed by atoms with E-state index in [2.05, 4.69) is 32.5 Å². The molecule has 158 valence electrons. The van der Waals surface area contributed by atoms with Crippen LogP contribution in [0.3, 0.4) is 0 Å². The van der Waals surface area contributed by atoms with Gasteiger partial charge in [0.05, 0.1) is 18.8 Å². The first kappa shape index (κ1) is 18.5. The molecular formula is C24H25N5O2. The van der Waals surface area contributed by atoms with E-state index in [1.807, 2.05) is 37.3 Å². The lowest BCUT2D eigenvalue weighted by atomic mass is 9.88. The molecule has 3 aliphatic carbocycles. The highest BCUT2D eigenvalue weighted by atomic mass is 16.5. The molecule has 0 unspecified atom stereocenters. The van der Waals surface area contributed by atoms with Gasteiger partial charge in [-0.3, -0.25) is 4.79 Å². The van der Waals surface area contributed by atoms with Gasteiger partial charge in [0.25, 0.3) is 0 Å². The zero-order valence-electron chi connectivity index (χ0n) is 17.7. The number of hydrogen-bond donors (Lipinski definition) is 1. The second kappa shape index (κ2) is 6.64. The minimum absolute atomic E-state index is 0.0836. The second-order valence-corrected chi connectivity index (χ2v) is 9.10. The van der Waals surface area contributed by atoms with Crippen molar-refractivity contribution in [2.24, 2.45) is 23.2 Å². The first-order valence-electron chi connectivity index (χ1n) is 10.9. The molecule has 2 heterocycles. The standard InChI is InChI=1S/C24H25N5O2/c1-14(26-23(30)18-11-16-5-8-19(18)24(16)9-10-24)22-27-21-12-20(25-13-29(21)28-22)15-3-6-17(31-2)7-4-15/h3-8,12-14,16,18-19H,9-11H2,1-2H3,(H,26,30)/t14-,16+,18-,19+/m0/s1. The third-order valence-electron chi connectivity index (χ3n) is 7.44. The second-order valence-electron chi connectivity index (χ2n) is 9.10. The van der Waals surface area contributed by atoms with E-state index in [0.717, 1.165) is 23.4 Å². The van der Waals surface area contributed by atoms with Crippen LogP contribution in [-0.2, 0) is 4.79 Å². The molecular weight excluding hydrogens is 390 g/mol. The maximum atomic E-state index is 13.0. The number of rotatable bonds is 5. The van der Waals surface area contributed by atoms with E-state index >= 15 is 0 Å². The van der Waals surface area contributed by atoms with Crippen molar-refractivity contribution in [3.05, 3.63) is 54.6 Å². The van der Waals surface area contributed by atoms with Gasteiger partial charge in [0.1, 0.15) is 12.1 Å². The molecule has 1 aromatic carbocycles. The van der Waals surface area contributed by atoms with E-state index < -0.39 is 0 Å². The number of benzene rings is 1. The SMILES string of the molecule is COc1ccc(-c2cc3nc([C@H](C)NC(=O)[C@H]4C[C@H]5C=C[C@H]4C54CC4)nn3cn2)cc1. The normalized spacial score (nSPS) is 25.8. The summed E-state index contributed by atoms with van der Waals surface area (Å²) in [5, 5.41) is 7.70. The number of hydrogen-bond acceptors (Lipinski definition) is 5. The monoisotopic (exact) mass is 415 g/mol. The number of carbonyl (C=O) groups is 1. The van der Waals surface area contributed by atoms with Gasteiger partial charge in [-0.1, -0.05) is 12.2 Å². The smallest absolute Gasteiger partial charge is 0.224 e. The number of fused-ring (bicyclic) bond motifs is 1. The molecule has 0 aliphatic heterocycles. The summed E-state index contributed by atoms with van der Waals surface area (Å²) in [6.45, 7) is 1.94. The fourth-order valence-electron chi connectivity index (χ4n) is 5.57. The maximum Gasteiger partial charge on any atom is 0.224 e. The minimum atomic E-state index is -0.255. The Labute approximate surface area is 180 Å². The molecule has 0 saturated heterocycles. The summed E-state index contributed by atoms with van der Waals surface area (Å²) in [7, 11) is 1.65. The fraction of sp³-hybridized carbons (Fsp3) is 0.417. The van der Waals surface area contributed by atoms with Gasteiger partial charge in [-0.25, -0.2) is 14.5 Å². The van der Waals surface area contributed by atoms with E-state index in [-0.39, 0.29) is 17.9 Å². The van der Waals surface area contributed by atoms with Crippen molar-refractivity contribution in [2.75, 3.05) is 7.11 Å². The highest BCUT2D eigenvalue weighted by Crippen LogP contribution is 2.70. The molecule has 2 saturated carbocycles. The van der Waals surface area contributed by atoms with Crippen molar-refractivity contribution in [2.45, 2.75) is 32.2 Å². The lowest BCUT2D eigenvalue weighted by molar-refractivity contribution is -0.126. The Balaban J connectivity index is 1.19. The van der Waals surface area contributed by atoms with Crippen LogP contribution in [-0.4, -0.2) is 32.6 Å². The molecule has 6 rings (SSSR count). The molecule has 4 atom stereocenters. The van der Waals surface area contributed by atoms with Gasteiger partial charge in [-0.15, -0.1) is 5.10 Å². The van der Waals surface area contributed by atoms with Crippen LogP contribution in [0.15, 0.2) is 48.8 Å². The highest BCUT2D eigenvalue weighted by Gasteiger charge is 2.64. The van der Waals surface area contributed by atoms with E-state index in [9.17, 15) is 4.79 Å². The molecule has 3 aromatic rings. The molecule has 3 aliphatic rings. The van der Waals surface area contributed by atoms with Crippen LogP contribution in [0.5, 0.6) is 5.75 Å². The summed E-state index contributed by atoms with van der Waals surface area (Å²) in [6.07, 6.45) is 9.80. The van der Waals surface area contributed by atoms with E-state index in [4.69, 9.17) is 4.74 Å². The Bertz CT molecular complexity index is 1190. The molecule has 2 bridgehead atoms. The fourth-order valence-corrected chi connectivity index (χ4v) is 5.57. The Morgan fingerprint density at radius 3 is 2.77 bits per heavy atom. The van der Waals surface area contributed by atoms with Crippen molar-refractivity contribution in [3.63, 3.8) is 0 Å². The van der Waals surface area contributed by atoms with E-state index in [0.29, 0.717) is 28.7 Å². The third-order valence-corrected chi connectivity index (χ3v) is 7.44. The molecule has 7 heteroatoms. The number of nitrogens with zero attached hydrogens (tertiary/aromatic N) is 4. The quantitative estimate of drug-likeness (QED) is 0.644. The number of carbonyl (C=O) groups excluding carboxylic acids is 1. The van der Waals surface area contributed by atoms with Crippen molar-refractivity contribution in [1.29, 1.82) is 0 Å². The molecule has 0 radical (unpaired) electrons. The Morgan fingerprint density at radius 1 is 1.26 bits per heavy atom. The number of amides is 1. The van der Waals surface area contributed by atoms with Gasteiger partial charge in [0, 0.05) is 17.5 Å². The number of allylic oxidation sites excluding steroid dienone is 2. The summed E-state index contributed by atoms with van der Waals surface area (Å²) in [4.78, 5) is 22.2. The number of aromatic nitrogens is 4. The lowest BCUT2D eigenvalue weighted by Gasteiger charge is -2.21. The summed E-state index contributed by atoms with van der Waals surface area (Å²) in [5.41, 5.74) is 2.91. The van der Waals surface area contributed by atoms with Crippen LogP contribution in [0.1, 0.15) is 38.1 Å². The highest BCUT2D eigenvalue weighted by molar-refractivity contribution is 5.81. The van der Waals surface area contributed by atoms with Crippen LogP contribution in [0, 0.1) is 23.2 Å². The van der Waals surface area contributed by atoms with Gasteiger partial charge in [0.2, 0.25) is 5.91 Å². The Morgan fingerprint density at radius 2 is 2.06 bits per heavy atom. The molecule has 7 nitrogen and oxygen atoms in total. The van der Waals surface area contributed by atoms with Crippen molar-refractivity contribution < 1.29 is 9.53 Å². The van der Waals surface area contributed by atoms with Gasteiger partial charge < -0.3 is 10.1 Å². The van der Waals surface area contributed by atoms with Crippen LogP contribution >= 0.6 is 0 Å². The third kappa shape index (κ3) is 2.86. The Hall–Kier alpha value is -3.22. The number of methoxy groups -OCH3 is 1. The van der Waals surface area contributed by atoms with Crippen LogP contribution in [0.25, 0.3) is 16.9 Å². The zero-order chi connectivity index (χ0) is 21.2. The summed E-state index contributed by atoms with van der Waals surface area (Å²) < 4.78 is 6.88. The van der Waals surface area contributed by atoms with Gasteiger partial charge in [-0.05, 0) is 67.7 Å². The molecule has 31 heavy (non-hydrogen) atoms. The molecule has 1 spiro atoms. The average molecular weight is 415 g/mol. The van der Waals surface area contributed by atoms with E-state index in [1.54, 1.807) is 18.0 Å². The largest absolute Gasteiger partial charge is 0.497 e. The first-order chi connectivity index (χ1) is 15.1. The van der Waals surface area contributed by atoms with Crippen molar-refractivity contribution in [3.8, 4) is 17.0 Å². The van der Waals surface area contributed by atoms with Gasteiger partial charge in [0.15, 0.2) is 11.5 Å². The Kier molecular flexibility index (Phi) is 3.97. The van der Waals surface area contributed by atoms with Crippen molar-refractivity contribution in [1.82, 2.24) is 24.9 Å². The average Bonchev–Trinajstić information content (AvgIpc) is 3.25. The summed E-state index contributed by atoms with van der Waals surface area (Å²) >= 11 is 0. The number of nitrogens with one attached hydrogen (secondary N) is 1. The zero-order valence-corrected chi connectivity index (χ0v) is 17.7. The number of ether oxygens (including phenoxy) is 1.